The first-order valence-electron chi connectivity index (χ1n) is 44.2. The molecule has 3 N–H and O–H groups in total. The summed E-state index contributed by atoms with van der Waals surface area (Å²) in [5.41, 5.74) is 0. The smallest absolute Gasteiger partial charge is 0.462 e. The molecule has 105 heavy (non-hydrogen) atoms. The SMILES string of the molecule is CCC(C)CCCCCCCCCCC(=O)OC[C@H](COP(=O)(O)OC[C@H](O)COP(=O)(O)OC[C@@H](COC(=O)CCCCCCCCCCCCCCCCCC(C)C)OC(=O)CCCCCCCCCCCCCCCCCCC(C)C)OC(=O)CCCCCCCCCCCCCCCC(C)C. The Labute approximate surface area is 645 Å². The van der Waals surface area contributed by atoms with Crippen molar-refractivity contribution in [3.8, 4) is 0 Å². The topological polar surface area (TPSA) is 237 Å². The molecule has 0 aromatic heterocycles. The van der Waals surface area contributed by atoms with E-state index in [1.165, 1.54) is 250 Å². The molecule has 0 saturated heterocycles. The first kappa shape index (κ1) is 103. The predicted molar refractivity (Wildman–Crippen MR) is 432 cm³/mol. The number of unbranched alkanes of at least 4 members (excludes halogenated alkanes) is 48. The fourth-order valence-corrected chi connectivity index (χ4v) is 14.9. The Bertz CT molecular complexity index is 2040. The fraction of sp³-hybridized carbons (Fsp3) is 0.953. The lowest BCUT2D eigenvalue weighted by atomic mass is 9.99. The van der Waals surface area contributed by atoms with Crippen LogP contribution >= 0.6 is 15.6 Å². The molecule has 624 valence electrons. The minimum Gasteiger partial charge on any atom is -0.462 e. The van der Waals surface area contributed by atoms with Gasteiger partial charge in [0.05, 0.1) is 26.4 Å². The van der Waals surface area contributed by atoms with Crippen LogP contribution in [-0.2, 0) is 65.4 Å². The highest BCUT2D eigenvalue weighted by molar-refractivity contribution is 7.47. The zero-order valence-corrected chi connectivity index (χ0v) is 71.2. The summed E-state index contributed by atoms with van der Waals surface area (Å²) in [5.74, 6) is 1.07. The van der Waals surface area contributed by atoms with Crippen LogP contribution in [-0.4, -0.2) is 96.7 Å². The number of esters is 4. The zero-order valence-electron chi connectivity index (χ0n) is 69.4. The Kier molecular flexibility index (Phi) is 73.4. The quantitative estimate of drug-likeness (QED) is 0.0222. The highest BCUT2D eigenvalue weighted by Crippen LogP contribution is 2.45. The van der Waals surface area contributed by atoms with Gasteiger partial charge in [0.2, 0.25) is 0 Å². The molecule has 0 aromatic carbocycles. The van der Waals surface area contributed by atoms with E-state index in [4.69, 9.17) is 37.0 Å². The number of carbonyl (C=O) groups excluding carboxylic acids is 4. The van der Waals surface area contributed by atoms with Crippen molar-refractivity contribution in [3.05, 3.63) is 0 Å². The van der Waals surface area contributed by atoms with Crippen LogP contribution in [0, 0.1) is 23.7 Å². The van der Waals surface area contributed by atoms with Gasteiger partial charge in [0.15, 0.2) is 12.2 Å². The zero-order chi connectivity index (χ0) is 77.4. The van der Waals surface area contributed by atoms with E-state index in [1.54, 1.807) is 0 Å². The Morgan fingerprint density at radius 3 is 0.676 bits per heavy atom. The molecule has 0 rings (SSSR count). The molecule has 3 unspecified atom stereocenters. The molecule has 0 aliphatic heterocycles. The molecule has 0 heterocycles. The van der Waals surface area contributed by atoms with Gasteiger partial charge in [0, 0.05) is 25.7 Å². The molecular weight excluding hydrogens is 1370 g/mol. The van der Waals surface area contributed by atoms with E-state index in [1.807, 2.05) is 0 Å². The number of phosphoric ester groups is 2. The second-order valence-corrected chi connectivity index (χ2v) is 35.5. The van der Waals surface area contributed by atoms with Gasteiger partial charge in [-0.25, -0.2) is 9.13 Å². The minimum atomic E-state index is -4.97. The average molecular weight is 1540 g/mol. The van der Waals surface area contributed by atoms with Crippen LogP contribution in [0.3, 0.4) is 0 Å². The van der Waals surface area contributed by atoms with Crippen LogP contribution in [0.5, 0.6) is 0 Å². The Hall–Kier alpha value is -1.94. The molecule has 6 atom stereocenters. The van der Waals surface area contributed by atoms with E-state index in [0.29, 0.717) is 25.7 Å². The monoisotopic (exact) mass is 1540 g/mol. The molecule has 0 spiro atoms. The van der Waals surface area contributed by atoms with Crippen molar-refractivity contribution < 1.29 is 80.2 Å². The summed E-state index contributed by atoms with van der Waals surface area (Å²) in [4.78, 5) is 73.3. The Morgan fingerprint density at radius 1 is 0.267 bits per heavy atom. The summed E-state index contributed by atoms with van der Waals surface area (Å²) in [6.07, 6.45) is 63.7. The number of rotatable bonds is 83. The number of carbonyl (C=O) groups is 4. The van der Waals surface area contributed by atoms with E-state index in [9.17, 15) is 43.2 Å². The second kappa shape index (κ2) is 74.8. The Morgan fingerprint density at radius 2 is 0.457 bits per heavy atom. The van der Waals surface area contributed by atoms with Crippen LogP contribution < -0.4 is 0 Å². The fourth-order valence-electron chi connectivity index (χ4n) is 13.3. The van der Waals surface area contributed by atoms with Crippen LogP contribution in [0.25, 0.3) is 0 Å². The van der Waals surface area contributed by atoms with Gasteiger partial charge in [0.1, 0.15) is 19.3 Å². The van der Waals surface area contributed by atoms with Gasteiger partial charge in [-0.1, -0.05) is 396 Å². The first-order chi connectivity index (χ1) is 50.6. The van der Waals surface area contributed by atoms with Gasteiger partial charge < -0.3 is 33.8 Å². The number of ether oxygens (including phenoxy) is 4. The molecule has 19 heteroatoms. The van der Waals surface area contributed by atoms with Crippen molar-refractivity contribution >= 4 is 39.5 Å². The molecule has 0 saturated carbocycles. The van der Waals surface area contributed by atoms with Crippen molar-refractivity contribution in [2.45, 2.75) is 465 Å². The normalized spacial score (nSPS) is 14.2. The lowest BCUT2D eigenvalue weighted by molar-refractivity contribution is -0.161. The molecule has 0 aromatic rings. The summed E-state index contributed by atoms with van der Waals surface area (Å²) >= 11 is 0. The third-order valence-corrected chi connectivity index (χ3v) is 22.3. The molecule has 0 fully saturated rings. The standard InChI is InChI=1S/C86H168O17P2/c1-9-79(8)65-57-49-41-36-37-43-51-59-67-84(89)97-73-82(103-86(91)69-61-53-45-35-29-23-17-20-26-32-40-48-56-64-78(6)7)75-101-105(94,95)99-71-80(87)70-98-104(92,93)100-74-81(72-96-83(88)66-58-50-42-33-27-21-16-12-14-19-25-31-39-47-55-63-77(4)5)102-85(90)68-60-52-44-34-28-22-15-11-10-13-18-24-30-38-46-54-62-76(2)3/h76-82,87H,9-75H2,1-8H3,(H,92,93)(H,94,95)/t79?,80-,81-,82-/m1/s1. The summed E-state index contributed by atoms with van der Waals surface area (Å²) < 4.78 is 68.9. The average Bonchev–Trinajstić information content (AvgIpc) is 0.910. The van der Waals surface area contributed by atoms with Gasteiger partial charge in [0.25, 0.3) is 0 Å². The number of hydrogen-bond acceptors (Lipinski definition) is 15. The maximum atomic E-state index is 13.1. The maximum absolute atomic E-state index is 13.1. The summed E-state index contributed by atoms with van der Waals surface area (Å²) in [6, 6.07) is 0. The second-order valence-electron chi connectivity index (χ2n) is 32.6. The van der Waals surface area contributed by atoms with Crippen molar-refractivity contribution in [1.82, 2.24) is 0 Å². The van der Waals surface area contributed by atoms with Crippen molar-refractivity contribution in [1.29, 1.82) is 0 Å². The van der Waals surface area contributed by atoms with E-state index < -0.39 is 97.5 Å². The maximum Gasteiger partial charge on any atom is 0.472 e. The van der Waals surface area contributed by atoms with Crippen molar-refractivity contribution in [3.63, 3.8) is 0 Å². The predicted octanol–water partition coefficient (Wildman–Crippen LogP) is 25.9. The lowest BCUT2D eigenvalue weighted by Crippen LogP contribution is -2.30. The largest absolute Gasteiger partial charge is 0.472 e. The Balaban J connectivity index is 5.27. The first-order valence-corrected chi connectivity index (χ1v) is 47.2. The van der Waals surface area contributed by atoms with Gasteiger partial charge in [-0.3, -0.25) is 37.3 Å². The number of aliphatic hydroxyl groups is 1. The highest BCUT2D eigenvalue weighted by atomic mass is 31.2. The highest BCUT2D eigenvalue weighted by Gasteiger charge is 2.31. The van der Waals surface area contributed by atoms with E-state index in [2.05, 4.69) is 55.4 Å². The van der Waals surface area contributed by atoms with Crippen LogP contribution in [0.4, 0.5) is 0 Å². The number of hydrogen-bond donors (Lipinski definition) is 3. The molecule has 17 nitrogen and oxygen atoms in total. The van der Waals surface area contributed by atoms with Crippen LogP contribution in [0.2, 0.25) is 0 Å². The van der Waals surface area contributed by atoms with E-state index in [0.717, 1.165) is 114 Å². The van der Waals surface area contributed by atoms with E-state index in [-0.39, 0.29) is 25.7 Å². The number of aliphatic hydroxyl groups excluding tert-OH is 1. The van der Waals surface area contributed by atoms with Crippen LogP contribution in [0.1, 0.15) is 447 Å². The minimum absolute atomic E-state index is 0.107. The molecule has 0 bridgehead atoms. The summed E-state index contributed by atoms with van der Waals surface area (Å²) in [6.45, 7) is 14.4. The molecular formula is C86H168O17P2. The van der Waals surface area contributed by atoms with Gasteiger partial charge in [-0.15, -0.1) is 0 Å². The van der Waals surface area contributed by atoms with Gasteiger partial charge in [-0.05, 0) is 49.4 Å². The third kappa shape index (κ3) is 78.5. The number of phosphoric acid groups is 2. The van der Waals surface area contributed by atoms with E-state index >= 15 is 0 Å². The third-order valence-electron chi connectivity index (χ3n) is 20.4. The molecule has 0 aliphatic rings. The molecule has 0 radical (unpaired) electrons. The van der Waals surface area contributed by atoms with Crippen molar-refractivity contribution in [2.24, 2.45) is 23.7 Å². The van der Waals surface area contributed by atoms with Gasteiger partial charge >= 0.3 is 39.5 Å². The van der Waals surface area contributed by atoms with Gasteiger partial charge in [-0.2, -0.15) is 0 Å². The molecule has 0 aliphatic carbocycles. The van der Waals surface area contributed by atoms with Crippen LogP contribution in [0.15, 0.2) is 0 Å². The summed E-state index contributed by atoms with van der Waals surface area (Å²) in [5, 5.41) is 10.7. The molecule has 0 amide bonds. The summed E-state index contributed by atoms with van der Waals surface area (Å²) in [7, 11) is -9.93. The van der Waals surface area contributed by atoms with Crippen molar-refractivity contribution in [2.75, 3.05) is 39.6 Å². The lowest BCUT2D eigenvalue weighted by Gasteiger charge is -2.21.